The van der Waals surface area contributed by atoms with Crippen LogP contribution < -0.4 is 0 Å². The molecular weight excluding hydrogens is 320 g/mol. The van der Waals surface area contributed by atoms with Crippen molar-refractivity contribution < 1.29 is 9.32 Å². The fourth-order valence-corrected chi connectivity index (χ4v) is 3.13. The van der Waals surface area contributed by atoms with E-state index in [4.69, 9.17) is 4.52 Å². The first kappa shape index (κ1) is 17.6. The minimum absolute atomic E-state index is 0.00107. The molecule has 2 aromatic heterocycles. The van der Waals surface area contributed by atoms with Crippen LogP contribution in [0.4, 0.5) is 0 Å². The Morgan fingerprint density at radius 3 is 2.40 bits per heavy atom. The number of aromatic nitrogens is 4. The van der Waals surface area contributed by atoms with Crippen LogP contribution in [0.15, 0.2) is 10.6 Å². The van der Waals surface area contributed by atoms with Crippen LogP contribution in [0.2, 0.25) is 0 Å². The molecule has 3 heterocycles. The lowest BCUT2D eigenvalue weighted by Crippen LogP contribution is -2.48. The Morgan fingerprint density at radius 2 is 1.88 bits per heavy atom. The SMILES string of the molecule is Cc1nc(CN2CCN(C(=O)c3cc(C)n(C(C)(C)C)n3)CC2)no1. The molecule has 8 heteroatoms. The summed E-state index contributed by atoms with van der Waals surface area (Å²) in [5.74, 6) is 1.27. The van der Waals surface area contributed by atoms with E-state index in [0.717, 1.165) is 18.8 Å². The van der Waals surface area contributed by atoms with Crippen molar-refractivity contribution in [3.8, 4) is 0 Å². The van der Waals surface area contributed by atoms with E-state index in [2.05, 4.69) is 40.9 Å². The zero-order chi connectivity index (χ0) is 18.2. The molecule has 0 N–H and O–H groups in total. The molecule has 0 saturated carbocycles. The minimum atomic E-state index is -0.135. The summed E-state index contributed by atoms with van der Waals surface area (Å²) in [5, 5.41) is 8.45. The molecule has 0 radical (unpaired) electrons. The van der Waals surface area contributed by atoms with E-state index < -0.39 is 0 Å². The first-order valence-electron chi connectivity index (χ1n) is 8.62. The van der Waals surface area contributed by atoms with E-state index in [9.17, 15) is 4.79 Å². The second kappa shape index (κ2) is 6.59. The third kappa shape index (κ3) is 3.89. The number of aryl methyl sites for hydroxylation is 2. The standard InChI is InChI=1S/C17H26N6O2/c1-12-10-14(19-23(12)17(3,4)5)16(24)22-8-6-21(7-9-22)11-15-18-13(2)25-20-15/h10H,6-9,11H2,1-5H3. The number of nitrogens with zero attached hydrogens (tertiary/aromatic N) is 6. The molecule has 1 amide bonds. The Balaban J connectivity index is 1.60. The molecule has 0 unspecified atom stereocenters. The van der Waals surface area contributed by atoms with Gasteiger partial charge in [-0.05, 0) is 33.8 Å². The van der Waals surface area contributed by atoms with Crippen LogP contribution in [0, 0.1) is 13.8 Å². The van der Waals surface area contributed by atoms with Crippen molar-refractivity contribution in [2.45, 2.75) is 46.7 Å². The van der Waals surface area contributed by atoms with Gasteiger partial charge in [-0.3, -0.25) is 14.4 Å². The number of carbonyl (C=O) groups excluding carboxylic acids is 1. The lowest BCUT2D eigenvalue weighted by Gasteiger charge is -2.33. The van der Waals surface area contributed by atoms with Gasteiger partial charge in [0, 0.05) is 38.8 Å². The number of amides is 1. The van der Waals surface area contributed by atoms with Crippen LogP contribution in [0.25, 0.3) is 0 Å². The van der Waals surface area contributed by atoms with Crippen molar-refractivity contribution in [2.75, 3.05) is 26.2 Å². The topological polar surface area (TPSA) is 80.3 Å². The highest BCUT2D eigenvalue weighted by Crippen LogP contribution is 2.18. The quantitative estimate of drug-likeness (QED) is 0.840. The Bertz CT molecular complexity index is 750. The summed E-state index contributed by atoms with van der Waals surface area (Å²) < 4.78 is 6.91. The van der Waals surface area contributed by atoms with E-state index in [1.54, 1.807) is 6.92 Å². The molecule has 0 aromatic carbocycles. The van der Waals surface area contributed by atoms with Gasteiger partial charge in [-0.1, -0.05) is 5.16 Å². The van der Waals surface area contributed by atoms with Crippen molar-refractivity contribution in [1.29, 1.82) is 0 Å². The summed E-state index contributed by atoms with van der Waals surface area (Å²) >= 11 is 0. The van der Waals surface area contributed by atoms with Gasteiger partial charge in [0.15, 0.2) is 11.5 Å². The largest absolute Gasteiger partial charge is 0.340 e. The highest BCUT2D eigenvalue weighted by molar-refractivity contribution is 5.92. The van der Waals surface area contributed by atoms with Crippen LogP contribution in [0.3, 0.4) is 0 Å². The minimum Gasteiger partial charge on any atom is -0.340 e. The summed E-state index contributed by atoms with van der Waals surface area (Å²) in [6.07, 6.45) is 0. The predicted molar refractivity (Wildman–Crippen MR) is 92.2 cm³/mol. The Hall–Kier alpha value is -2.22. The third-order valence-electron chi connectivity index (χ3n) is 4.34. The van der Waals surface area contributed by atoms with E-state index in [1.165, 1.54) is 0 Å². The molecule has 1 aliphatic heterocycles. The van der Waals surface area contributed by atoms with E-state index in [-0.39, 0.29) is 11.4 Å². The number of piperazine rings is 1. The molecule has 8 nitrogen and oxygen atoms in total. The summed E-state index contributed by atoms with van der Waals surface area (Å²) in [6, 6.07) is 1.88. The predicted octanol–water partition coefficient (Wildman–Crippen LogP) is 1.60. The smallest absolute Gasteiger partial charge is 0.274 e. The lowest BCUT2D eigenvalue weighted by atomic mass is 10.1. The fraction of sp³-hybridized carbons (Fsp3) is 0.647. The normalized spacial score (nSPS) is 16.4. The van der Waals surface area contributed by atoms with Gasteiger partial charge >= 0.3 is 0 Å². The third-order valence-corrected chi connectivity index (χ3v) is 4.34. The van der Waals surface area contributed by atoms with Gasteiger partial charge in [0.05, 0.1) is 12.1 Å². The number of carbonyl (C=O) groups is 1. The van der Waals surface area contributed by atoms with Crippen LogP contribution >= 0.6 is 0 Å². The average molecular weight is 346 g/mol. The van der Waals surface area contributed by atoms with Gasteiger partial charge in [-0.2, -0.15) is 10.1 Å². The number of rotatable bonds is 3. The van der Waals surface area contributed by atoms with Crippen molar-refractivity contribution >= 4 is 5.91 Å². The van der Waals surface area contributed by atoms with Crippen molar-refractivity contribution in [3.05, 3.63) is 29.2 Å². The average Bonchev–Trinajstić information content (AvgIpc) is 3.13. The Labute approximate surface area is 147 Å². The zero-order valence-corrected chi connectivity index (χ0v) is 15.6. The Kier molecular flexibility index (Phi) is 4.64. The monoisotopic (exact) mass is 346 g/mol. The maximum absolute atomic E-state index is 12.8. The van der Waals surface area contributed by atoms with Crippen LogP contribution in [0.1, 0.15) is 48.7 Å². The van der Waals surface area contributed by atoms with Crippen LogP contribution in [0.5, 0.6) is 0 Å². The van der Waals surface area contributed by atoms with Gasteiger partial charge in [0.1, 0.15) is 0 Å². The Morgan fingerprint density at radius 1 is 1.20 bits per heavy atom. The van der Waals surface area contributed by atoms with Crippen molar-refractivity contribution in [1.82, 2.24) is 29.7 Å². The lowest BCUT2D eigenvalue weighted by molar-refractivity contribution is 0.0617. The van der Waals surface area contributed by atoms with Gasteiger partial charge in [0.2, 0.25) is 5.89 Å². The molecule has 3 rings (SSSR count). The van der Waals surface area contributed by atoms with E-state index in [0.29, 0.717) is 37.0 Å². The zero-order valence-electron chi connectivity index (χ0n) is 15.6. The first-order chi connectivity index (χ1) is 11.7. The fourth-order valence-electron chi connectivity index (χ4n) is 3.13. The molecule has 25 heavy (non-hydrogen) atoms. The van der Waals surface area contributed by atoms with Gasteiger partial charge < -0.3 is 9.42 Å². The first-order valence-corrected chi connectivity index (χ1v) is 8.62. The van der Waals surface area contributed by atoms with E-state index >= 15 is 0 Å². The van der Waals surface area contributed by atoms with Crippen LogP contribution in [-0.2, 0) is 12.1 Å². The second-order valence-electron chi connectivity index (χ2n) is 7.55. The van der Waals surface area contributed by atoms with Crippen molar-refractivity contribution in [3.63, 3.8) is 0 Å². The molecule has 1 saturated heterocycles. The van der Waals surface area contributed by atoms with Gasteiger partial charge in [0.25, 0.3) is 5.91 Å². The molecule has 136 valence electrons. The molecular formula is C17H26N6O2. The highest BCUT2D eigenvalue weighted by atomic mass is 16.5. The van der Waals surface area contributed by atoms with Crippen molar-refractivity contribution in [2.24, 2.45) is 0 Å². The van der Waals surface area contributed by atoms with Gasteiger partial charge in [-0.15, -0.1) is 0 Å². The molecule has 0 bridgehead atoms. The molecule has 0 atom stereocenters. The number of hydrogen-bond donors (Lipinski definition) is 0. The van der Waals surface area contributed by atoms with Gasteiger partial charge in [-0.25, -0.2) is 0 Å². The number of hydrogen-bond acceptors (Lipinski definition) is 6. The molecule has 1 fully saturated rings. The molecule has 0 aliphatic carbocycles. The summed E-state index contributed by atoms with van der Waals surface area (Å²) in [7, 11) is 0. The summed E-state index contributed by atoms with van der Waals surface area (Å²) in [4.78, 5) is 21.1. The molecule has 1 aliphatic rings. The second-order valence-corrected chi connectivity index (χ2v) is 7.55. The highest BCUT2D eigenvalue weighted by Gasteiger charge is 2.26. The summed E-state index contributed by atoms with van der Waals surface area (Å²) in [5.41, 5.74) is 1.39. The maximum atomic E-state index is 12.8. The molecule has 2 aromatic rings. The van der Waals surface area contributed by atoms with E-state index in [1.807, 2.05) is 22.6 Å². The maximum Gasteiger partial charge on any atom is 0.274 e. The molecule has 0 spiro atoms. The summed E-state index contributed by atoms with van der Waals surface area (Å²) in [6.45, 7) is 13.6. The van der Waals surface area contributed by atoms with Crippen LogP contribution in [-0.4, -0.2) is 61.8 Å².